The Morgan fingerprint density at radius 1 is 1.40 bits per heavy atom. The van der Waals surface area contributed by atoms with Crippen molar-refractivity contribution in [1.29, 1.82) is 5.26 Å². The van der Waals surface area contributed by atoms with Crippen molar-refractivity contribution in [2.24, 2.45) is 5.92 Å². The predicted octanol–water partition coefficient (Wildman–Crippen LogP) is 1.62. The largest absolute Gasteiger partial charge is 0.279 e. The minimum Gasteiger partial charge on any atom is -0.198 e. The van der Waals surface area contributed by atoms with Gasteiger partial charge in [-0.25, -0.2) is 0 Å². The minimum atomic E-state index is -3.42. The van der Waals surface area contributed by atoms with E-state index in [-0.39, 0.29) is 6.54 Å². The standard InChI is InChI=1S/C14H19N3O2S/c1-12-5-7-17(8-6-12)20(18,19)16-11-14-4-2-3-13(9-14)10-15/h2-4,9,12,16H,5-8,11H2,1H3. The Balaban J connectivity index is 1.97. The molecule has 1 N–H and O–H groups in total. The fourth-order valence-corrected chi connectivity index (χ4v) is 3.47. The van der Waals surface area contributed by atoms with E-state index in [0.717, 1.165) is 18.4 Å². The second-order valence-electron chi connectivity index (χ2n) is 5.22. The van der Waals surface area contributed by atoms with Gasteiger partial charge < -0.3 is 0 Å². The quantitative estimate of drug-likeness (QED) is 0.917. The summed E-state index contributed by atoms with van der Waals surface area (Å²) in [6.45, 7) is 3.51. The highest BCUT2D eigenvalue weighted by Gasteiger charge is 2.25. The van der Waals surface area contributed by atoms with Crippen LogP contribution < -0.4 is 4.72 Å². The maximum absolute atomic E-state index is 12.2. The third-order valence-corrected chi connectivity index (χ3v) is 5.15. The third kappa shape index (κ3) is 3.79. The molecule has 1 aromatic carbocycles. The average molecular weight is 293 g/mol. The van der Waals surface area contributed by atoms with Gasteiger partial charge in [0, 0.05) is 19.6 Å². The lowest BCUT2D eigenvalue weighted by Gasteiger charge is -2.29. The van der Waals surface area contributed by atoms with E-state index in [1.165, 1.54) is 4.31 Å². The van der Waals surface area contributed by atoms with Gasteiger partial charge in [0.1, 0.15) is 0 Å². The number of nitrogens with zero attached hydrogens (tertiary/aromatic N) is 2. The molecule has 5 nitrogen and oxygen atoms in total. The van der Waals surface area contributed by atoms with Gasteiger partial charge in [-0.2, -0.15) is 22.7 Å². The molecule has 0 saturated carbocycles. The van der Waals surface area contributed by atoms with Crippen LogP contribution in [-0.2, 0) is 16.8 Å². The lowest BCUT2D eigenvalue weighted by atomic mass is 10.0. The monoisotopic (exact) mass is 293 g/mol. The first-order valence-corrected chi connectivity index (χ1v) is 8.19. The molecule has 0 spiro atoms. The van der Waals surface area contributed by atoms with Gasteiger partial charge in [-0.15, -0.1) is 0 Å². The Hall–Kier alpha value is -1.42. The normalized spacial score (nSPS) is 17.8. The minimum absolute atomic E-state index is 0.212. The summed E-state index contributed by atoms with van der Waals surface area (Å²) in [5.74, 6) is 0.591. The zero-order valence-corrected chi connectivity index (χ0v) is 12.4. The lowest BCUT2D eigenvalue weighted by Crippen LogP contribution is -2.44. The van der Waals surface area contributed by atoms with Crippen LogP contribution >= 0.6 is 0 Å². The van der Waals surface area contributed by atoms with Gasteiger partial charge in [-0.05, 0) is 36.5 Å². The fourth-order valence-electron chi connectivity index (χ4n) is 2.24. The van der Waals surface area contributed by atoms with E-state index in [9.17, 15) is 8.42 Å². The van der Waals surface area contributed by atoms with E-state index < -0.39 is 10.2 Å². The van der Waals surface area contributed by atoms with Crippen LogP contribution in [-0.4, -0.2) is 25.8 Å². The molecule has 1 saturated heterocycles. The Morgan fingerprint density at radius 3 is 2.75 bits per heavy atom. The smallest absolute Gasteiger partial charge is 0.198 e. The summed E-state index contributed by atoms with van der Waals surface area (Å²) < 4.78 is 28.4. The molecular weight excluding hydrogens is 274 g/mol. The number of piperidine rings is 1. The van der Waals surface area contributed by atoms with Crippen LogP contribution in [0, 0.1) is 17.2 Å². The fraction of sp³-hybridized carbons (Fsp3) is 0.500. The van der Waals surface area contributed by atoms with E-state index in [1.54, 1.807) is 18.2 Å². The summed E-state index contributed by atoms with van der Waals surface area (Å²) in [6, 6.07) is 9.00. The number of hydrogen-bond donors (Lipinski definition) is 1. The molecule has 0 amide bonds. The topological polar surface area (TPSA) is 73.2 Å². The van der Waals surface area contributed by atoms with Crippen molar-refractivity contribution in [3.05, 3.63) is 35.4 Å². The summed E-state index contributed by atoms with van der Waals surface area (Å²) in [4.78, 5) is 0. The maximum atomic E-state index is 12.2. The molecule has 0 bridgehead atoms. The second kappa shape index (κ2) is 6.35. The van der Waals surface area contributed by atoms with Crippen molar-refractivity contribution >= 4 is 10.2 Å². The van der Waals surface area contributed by atoms with E-state index in [1.807, 2.05) is 12.1 Å². The summed E-state index contributed by atoms with van der Waals surface area (Å²) in [5, 5.41) is 8.82. The summed E-state index contributed by atoms with van der Waals surface area (Å²) in [7, 11) is -3.42. The maximum Gasteiger partial charge on any atom is 0.279 e. The van der Waals surface area contributed by atoms with Crippen molar-refractivity contribution in [1.82, 2.24) is 9.03 Å². The van der Waals surface area contributed by atoms with E-state index in [0.29, 0.717) is 24.6 Å². The molecule has 6 heteroatoms. The predicted molar refractivity (Wildman–Crippen MR) is 76.9 cm³/mol. The Kier molecular flexibility index (Phi) is 4.76. The number of rotatable bonds is 4. The van der Waals surface area contributed by atoms with Gasteiger partial charge in [0.25, 0.3) is 10.2 Å². The second-order valence-corrected chi connectivity index (χ2v) is 6.98. The van der Waals surface area contributed by atoms with Gasteiger partial charge in [0.15, 0.2) is 0 Å². The van der Waals surface area contributed by atoms with Crippen molar-refractivity contribution in [2.75, 3.05) is 13.1 Å². The van der Waals surface area contributed by atoms with E-state index in [2.05, 4.69) is 11.6 Å². The molecule has 108 valence electrons. The van der Waals surface area contributed by atoms with Gasteiger partial charge >= 0.3 is 0 Å². The first-order chi connectivity index (χ1) is 9.51. The van der Waals surface area contributed by atoms with Crippen LogP contribution in [0.4, 0.5) is 0 Å². The molecule has 1 fully saturated rings. The number of benzene rings is 1. The van der Waals surface area contributed by atoms with Crippen molar-refractivity contribution in [2.45, 2.75) is 26.3 Å². The van der Waals surface area contributed by atoms with Gasteiger partial charge in [-0.1, -0.05) is 19.1 Å². The Bertz CT molecular complexity index is 599. The Labute approximate surface area is 120 Å². The molecule has 0 atom stereocenters. The molecule has 2 rings (SSSR count). The van der Waals surface area contributed by atoms with E-state index >= 15 is 0 Å². The molecule has 0 radical (unpaired) electrons. The molecule has 20 heavy (non-hydrogen) atoms. The summed E-state index contributed by atoms with van der Waals surface area (Å²) in [5.41, 5.74) is 1.33. The third-order valence-electron chi connectivity index (χ3n) is 3.60. The average Bonchev–Trinajstić information content (AvgIpc) is 2.46. The molecule has 1 aliphatic rings. The van der Waals surface area contributed by atoms with Crippen LogP contribution in [0.1, 0.15) is 30.9 Å². The number of hydrogen-bond acceptors (Lipinski definition) is 3. The molecule has 0 aromatic heterocycles. The van der Waals surface area contributed by atoms with Crippen molar-refractivity contribution in [3.8, 4) is 6.07 Å². The molecule has 0 aliphatic carbocycles. The first-order valence-electron chi connectivity index (χ1n) is 6.75. The zero-order valence-electron chi connectivity index (χ0n) is 11.5. The highest BCUT2D eigenvalue weighted by Crippen LogP contribution is 2.18. The summed E-state index contributed by atoms with van der Waals surface area (Å²) >= 11 is 0. The zero-order chi connectivity index (χ0) is 14.6. The van der Waals surface area contributed by atoms with Gasteiger partial charge in [0.05, 0.1) is 11.6 Å². The number of nitriles is 1. The SMILES string of the molecule is CC1CCN(S(=O)(=O)NCc2cccc(C#N)c2)CC1. The van der Waals surface area contributed by atoms with Crippen LogP contribution in [0.25, 0.3) is 0 Å². The van der Waals surface area contributed by atoms with Crippen LogP contribution in [0.3, 0.4) is 0 Å². The van der Waals surface area contributed by atoms with E-state index in [4.69, 9.17) is 5.26 Å². The van der Waals surface area contributed by atoms with Gasteiger partial charge in [0.2, 0.25) is 0 Å². The van der Waals surface area contributed by atoms with Crippen molar-refractivity contribution < 1.29 is 8.42 Å². The lowest BCUT2D eigenvalue weighted by molar-refractivity contribution is 0.285. The Morgan fingerprint density at radius 2 is 2.10 bits per heavy atom. The summed E-state index contributed by atoms with van der Waals surface area (Å²) in [6.07, 6.45) is 1.82. The van der Waals surface area contributed by atoms with Crippen LogP contribution in [0.5, 0.6) is 0 Å². The molecular formula is C14H19N3O2S. The molecule has 1 heterocycles. The number of nitrogens with one attached hydrogen (secondary N) is 1. The molecule has 0 unspecified atom stereocenters. The van der Waals surface area contributed by atoms with Crippen LogP contribution in [0.15, 0.2) is 24.3 Å². The van der Waals surface area contributed by atoms with Crippen molar-refractivity contribution in [3.63, 3.8) is 0 Å². The highest BCUT2D eigenvalue weighted by atomic mass is 32.2. The van der Waals surface area contributed by atoms with Gasteiger partial charge in [-0.3, -0.25) is 0 Å². The molecule has 1 aromatic rings. The molecule has 1 aliphatic heterocycles. The highest BCUT2D eigenvalue weighted by molar-refractivity contribution is 7.87. The first kappa shape index (κ1) is 15.0. The van der Waals surface area contributed by atoms with Crippen LogP contribution in [0.2, 0.25) is 0 Å².